The average Bonchev–Trinajstić information content (AvgIpc) is 2.38. The van der Waals surface area contributed by atoms with Crippen LogP contribution in [0.1, 0.15) is 31.9 Å². The fraction of sp³-hybridized carbons (Fsp3) is 0.294. The lowest BCUT2D eigenvalue weighted by molar-refractivity contribution is 0.242. The van der Waals surface area contributed by atoms with Crippen LogP contribution in [0.3, 0.4) is 0 Å². The average molecular weight is 273 g/mol. The molecule has 0 fully saturated rings. The summed E-state index contributed by atoms with van der Waals surface area (Å²) in [4.78, 5) is 0. The van der Waals surface area contributed by atoms with E-state index >= 15 is 0 Å². The van der Waals surface area contributed by atoms with Crippen molar-refractivity contribution in [2.75, 3.05) is 0 Å². The summed E-state index contributed by atoms with van der Waals surface area (Å²) in [5.74, 6) is 0.526. The molecule has 106 valence electrons. The highest BCUT2D eigenvalue weighted by atomic mass is 19.1. The molecule has 0 spiro atoms. The van der Waals surface area contributed by atoms with Gasteiger partial charge in [0, 0.05) is 0 Å². The molecule has 0 aliphatic carbocycles. The van der Waals surface area contributed by atoms with Gasteiger partial charge in [-0.1, -0.05) is 24.3 Å². The Labute approximate surface area is 119 Å². The van der Waals surface area contributed by atoms with Gasteiger partial charge in [0.1, 0.15) is 11.6 Å². The summed E-state index contributed by atoms with van der Waals surface area (Å²) in [6.07, 6.45) is 0.133. The molecular weight excluding hydrogens is 253 g/mol. The SMILES string of the molecule is CC(C)Oc1ccc(C(C)(N)c2cccc(F)c2)cc1. The summed E-state index contributed by atoms with van der Waals surface area (Å²) in [5, 5.41) is 0. The Morgan fingerprint density at radius 3 is 2.25 bits per heavy atom. The van der Waals surface area contributed by atoms with Crippen LogP contribution in [-0.4, -0.2) is 6.10 Å². The van der Waals surface area contributed by atoms with Crippen LogP contribution in [0.15, 0.2) is 48.5 Å². The minimum atomic E-state index is -0.738. The highest BCUT2D eigenvalue weighted by Gasteiger charge is 2.24. The van der Waals surface area contributed by atoms with Crippen molar-refractivity contribution in [3.8, 4) is 5.75 Å². The molecule has 0 heterocycles. The molecule has 2 N–H and O–H groups in total. The number of ether oxygens (including phenoxy) is 1. The molecule has 0 saturated carbocycles. The maximum atomic E-state index is 13.3. The Bertz CT molecular complexity index is 576. The molecule has 0 amide bonds. The van der Waals surface area contributed by atoms with Gasteiger partial charge in [0.05, 0.1) is 11.6 Å². The third kappa shape index (κ3) is 3.17. The predicted molar refractivity (Wildman–Crippen MR) is 79.2 cm³/mol. The van der Waals surface area contributed by atoms with Gasteiger partial charge < -0.3 is 10.5 Å². The molecule has 0 radical (unpaired) electrons. The quantitative estimate of drug-likeness (QED) is 0.918. The van der Waals surface area contributed by atoms with Crippen molar-refractivity contribution in [2.45, 2.75) is 32.4 Å². The number of benzene rings is 2. The molecule has 2 aromatic carbocycles. The van der Waals surface area contributed by atoms with Crippen molar-refractivity contribution in [1.29, 1.82) is 0 Å². The molecule has 1 unspecified atom stereocenters. The second-order valence-corrected chi connectivity index (χ2v) is 5.40. The topological polar surface area (TPSA) is 35.2 Å². The van der Waals surface area contributed by atoms with Crippen LogP contribution in [0, 0.1) is 5.82 Å². The lowest BCUT2D eigenvalue weighted by atomic mass is 9.86. The first kappa shape index (κ1) is 14.5. The number of rotatable bonds is 4. The van der Waals surface area contributed by atoms with Gasteiger partial charge in [0.2, 0.25) is 0 Å². The van der Waals surface area contributed by atoms with E-state index in [4.69, 9.17) is 10.5 Å². The Morgan fingerprint density at radius 2 is 1.70 bits per heavy atom. The molecule has 3 heteroatoms. The fourth-order valence-electron chi connectivity index (χ4n) is 2.13. The molecule has 1 atom stereocenters. The zero-order chi connectivity index (χ0) is 14.8. The molecule has 0 aromatic heterocycles. The molecule has 0 saturated heterocycles. The van der Waals surface area contributed by atoms with E-state index in [9.17, 15) is 4.39 Å². The first-order valence-corrected chi connectivity index (χ1v) is 6.71. The normalized spacial score (nSPS) is 14.1. The Balaban J connectivity index is 2.29. The standard InChI is InChI=1S/C17H20FNO/c1-12(2)20-16-9-7-13(8-10-16)17(3,19)14-5-4-6-15(18)11-14/h4-12H,19H2,1-3H3. The number of nitrogens with two attached hydrogens (primary N) is 1. The van der Waals surface area contributed by atoms with Gasteiger partial charge in [-0.05, 0) is 56.2 Å². The zero-order valence-corrected chi connectivity index (χ0v) is 12.1. The monoisotopic (exact) mass is 273 g/mol. The van der Waals surface area contributed by atoms with Crippen LogP contribution in [-0.2, 0) is 5.54 Å². The van der Waals surface area contributed by atoms with E-state index in [1.165, 1.54) is 12.1 Å². The number of hydrogen-bond acceptors (Lipinski definition) is 2. The second kappa shape index (κ2) is 5.63. The summed E-state index contributed by atoms with van der Waals surface area (Å²) in [7, 11) is 0. The molecule has 0 aliphatic heterocycles. The van der Waals surface area contributed by atoms with Crippen LogP contribution >= 0.6 is 0 Å². The predicted octanol–water partition coefficient (Wildman–Crippen LogP) is 3.84. The molecule has 2 aromatic rings. The van der Waals surface area contributed by atoms with E-state index in [-0.39, 0.29) is 11.9 Å². The van der Waals surface area contributed by atoms with Crippen LogP contribution in [0.4, 0.5) is 4.39 Å². The van der Waals surface area contributed by atoms with E-state index in [2.05, 4.69) is 0 Å². The minimum Gasteiger partial charge on any atom is -0.491 e. The number of hydrogen-bond donors (Lipinski definition) is 1. The minimum absolute atomic E-state index is 0.133. The van der Waals surface area contributed by atoms with E-state index in [0.717, 1.165) is 16.9 Å². The van der Waals surface area contributed by atoms with Crippen LogP contribution in [0.5, 0.6) is 5.75 Å². The molecule has 2 nitrogen and oxygen atoms in total. The van der Waals surface area contributed by atoms with Gasteiger partial charge >= 0.3 is 0 Å². The van der Waals surface area contributed by atoms with Gasteiger partial charge in [0.25, 0.3) is 0 Å². The Kier molecular flexibility index (Phi) is 4.09. The number of halogens is 1. The van der Waals surface area contributed by atoms with E-state index in [0.29, 0.717) is 0 Å². The van der Waals surface area contributed by atoms with E-state index in [1.54, 1.807) is 6.07 Å². The Morgan fingerprint density at radius 1 is 1.05 bits per heavy atom. The van der Waals surface area contributed by atoms with Crippen molar-refractivity contribution >= 4 is 0 Å². The van der Waals surface area contributed by atoms with Crippen LogP contribution < -0.4 is 10.5 Å². The third-order valence-electron chi connectivity index (χ3n) is 3.25. The highest BCUT2D eigenvalue weighted by molar-refractivity contribution is 5.39. The highest BCUT2D eigenvalue weighted by Crippen LogP contribution is 2.28. The molecule has 20 heavy (non-hydrogen) atoms. The maximum Gasteiger partial charge on any atom is 0.123 e. The lowest BCUT2D eigenvalue weighted by Crippen LogP contribution is -2.34. The smallest absolute Gasteiger partial charge is 0.123 e. The van der Waals surface area contributed by atoms with Crippen molar-refractivity contribution in [3.63, 3.8) is 0 Å². The second-order valence-electron chi connectivity index (χ2n) is 5.40. The largest absolute Gasteiger partial charge is 0.491 e. The lowest BCUT2D eigenvalue weighted by Gasteiger charge is -2.26. The summed E-state index contributed by atoms with van der Waals surface area (Å²) in [6, 6.07) is 14.0. The van der Waals surface area contributed by atoms with Crippen LogP contribution in [0.2, 0.25) is 0 Å². The van der Waals surface area contributed by atoms with E-state index in [1.807, 2.05) is 51.1 Å². The van der Waals surface area contributed by atoms with Crippen molar-refractivity contribution in [2.24, 2.45) is 5.73 Å². The van der Waals surface area contributed by atoms with Gasteiger partial charge in [-0.2, -0.15) is 0 Å². The molecule has 2 rings (SSSR count). The first-order valence-electron chi connectivity index (χ1n) is 6.71. The molecule has 0 bridgehead atoms. The third-order valence-corrected chi connectivity index (χ3v) is 3.25. The van der Waals surface area contributed by atoms with Gasteiger partial charge in [0.15, 0.2) is 0 Å². The van der Waals surface area contributed by atoms with E-state index < -0.39 is 5.54 Å². The summed E-state index contributed by atoms with van der Waals surface area (Å²) < 4.78 is 19.0. The summed E-state index contributed by atoms with van der Waals surface area (Å²) in [5.41, 5.74) is 7.30. The van der Waals surface area contributed by atoms with Gasteiger partial charge in [-0.25, -0.2) is 4.39 Å². The van der Waals surface area contributed by atoms with Crippen molar-refractivity contribution < 1.29 is 9.13 Å². The van der Waals surface area contributed by atoms with Gasteiger partial charge in [-0.15, -0.1) is 0 Å². The summed E-state index contributed by atoms with van der Waals surface area (Å²) in [6.45, 7) is 5.83. The van der Waals surface area contributed by atoms with Gasteiger partial charge in [-0.3, -0.25) is 0 Å². The van der Waals surface area contributed by atoms with Crippen LogP contribution in [0.25, 0.3) is 0 Å². The van der Waals surface area contributed by atoms with Crippen molar-refractivity contribution in [3.05, 3.63) is 65.5 Å². The summed E-state index contributed by atoms with van der Waals surface area (Å²) >= 11 is 0. The van der Waals surface area contributed by atoms with Crippen molar-refractivity contribution in [1.82, 2.24) is 0 Å². The fourth-order valence-corrected chi connectivity index (χ4v) is 2.13. The first-order chi connectivity index (χ1) is 9.39. The molecular formula is C17H20FNO. The maximum absolute atomic E-state index is 13.3. The zero-order valence-electron chi connectivity index (χ0n) is 12.1. The Hall–Kier alpha value is -1.87. The molecule has 0 aliphatic rings.